The second kappa shape index (κ2) is 2.77. The van der Waals surface area contributed by atoms with E-state index in [-0.39, 0.29) is 5.69 Å². The average Bonchev–Trinajstić information content (AvgIpc) is 2.65. The monoisotopic (exact) mass is 180 g/mol. The minimum atomic E-state index is -0.263. The predicted molar refractivity (Wildman–Crippen MR) is 44.9 cm³/mol. The summed E-state index contributed by atoms with van der Waals surface area (Å²) >= 11 is 0. The van der Waals surface area contributed by atoms with E-state index in [1.54, 1.807) is 6.20 Å². The molecular formula is C6H8N6O. The quantitative estimate of drug-likeness (QED) is 0.546. The summed E-state index contributed by atoms with van der Waals surface area (Å²) in [4.78, 5) is 11.0. The smallest absolute Gasteiger partial charge is 0.343 e. The van der Waals surface area contributed by atoms with Crippen LogP contribution in [0.1, 0.15) is 5.56 Å². The number of aromatic nitrogens is 5. The maximum Gasteiger partial charge on any atom is 0.343 e. The fourth-order valence-electron chi connectivity index (χ4n) is 1.01. The van der Waals surface area contributed by atoms with E-state index in [4.69, 9.17) is 5.73 Å². The predicted octanol–water partition coefficient (Wildman–Crippen LogP) is -1.08. The van der Waals surface area contributed by atoms with E-state index >= 15 is 0 Å². The molecule has 0 radical (unpaired) electrons. The third-order valence-electron chi connectivity index (χ3n) is 1.71. The molecule has 2 aromatic heterocycles. The molecule has 0 aliphatic carbocycles. The minimum absolute atomic E-state index is 0.263. The van der Waals surface area contributed by atoms with E-state index in [1.807, 2.05) is 0 Å². The molecule has 13 heavy (non-hydrogen) atoms. The maximum atomic E-state index is 11.0. The van der Waals surface area contributed by atoms with E-state index in [2.05, 4.69) is 20.4 Å². The Hall–Kier alpha value is -2.05. The second-order valence-electron chi connectivity index (χ2n) is 2.60. The van der Waals surface area contributed by atoms with Gasteiger partial charge in [0.1, 0.15) is 12.1 Å². The number of nitrogens with zero attached hydrogens (tertiary/aromatic N) is 3. The molecule has 0 saturated carbocycles. The molecule has 0 aromatic carbocycles. The zero-order valence-electron chi connectivity index (χ0n) is 6.69. The molecule has 0 fully saturated rings. The molecular weight excluding hydrogens is 172 g/mol. The van der Waals surface area contributed by atoms with Crippen LogP contribution in [0, 0.1) is 0 Å². The lowest BCUT2D eigenvalue weighted by molar-refractivity contribution is 0.763. The molecule has 0 amide bonds. The van der Waals surface area contributed by atoms with Crippen LogP contribution in [-0.4, -0.2) is 25.0 Å². The molecule has 0 spiro atoms. The molecule has 0 atom stereocenters. The summed E-state index contributed by atoms with van der Waals surface area (Å²) < 4.78 is 1.40. The molecule has 0 unspecified atom stereocenters. The van der Waals surface area contributed by atoms with Crippen molar-refractivity contribution in [2.24, 2.45) is 0 Å². The molecule has 4 N–H and O–H groups in total. The Labute approximate surface area is 72.6 Å². The van der Waals surface area contributed by atoms with Gasteiger partial charge in [0.05, 0.1) is 12.7 Å². The van der Waals surface area contributed by atoms with Crippen LogP contribution in [0.3, 0.4) is 0 Å². The lowest BCUT2D eigenvalue weighted by Crippen LogP contribution is -2.17. The van der Waals surface area contributed by atoms with Gasteiger partial charge < -0.3 is 5.73 Å². The number of hydrogen-bond acceptors (Lipinski definition) is 4. The van der Waals surface area contributed by atoms with Gasteiger partial charge in [-0.1, -0.05) is 0 Å². The van der Waals surface area contributed by atoms with Crippen LogP contribution in [0.2, 0.25) is 0 Å². The van der Waals surface area contributed by atoms with E-state index in [0.29, 0.717) is 12.4 Å². The van der Waals surface area contributed by atoms with Crippen LogP contribution in [0.5, 0.6) is 0 Å². The van der Waals surface area contributed by atoms with Gasteiger partial charge in [-0.15, -0.1) is 0 Å². The molecule has 7 heteroatoms. The molecule has 0 saturated heterocycles. The first-order valence-electron chi connectivity index (χ1n) is 3.65. The summed E-state index contributed by atoms with van der Waals surface area (Å²) in [7, 11) is 0. The number of hydrogen-bond donors (Lipinski definition) is 3. The van der Waals surface area contributed by atoms with Crippen molar-refractivity contribution in [3.05, 3.63) is 28.6 Å². The zero-order chi connectivity index (χ0) is 9.26. The Morgan fingerprint density at radius 1 is 1.46 bits per heavy atom. The third kappa shape index (κ3) is 1.31. The normalized spacial score (nSPS) is 10.5. The standard InChI is InChI=1S/C6H8N6O/c7-5-4(1-8-10-5)2-12-3-9-11-6(12)13/h1,3H,2H2,(H,11,13)(H3,7,8,10). The van der Waals surface area contributed by atoms with Crippen molar-refractivity contribution in [3.63, 3.8) is 0 Å². The highest BCUT2D eigenvalue weighted by atomic mass is 16.1. The summed E-state index contributed by atoms with van der Waals surface area (Å²) in [5, 5.41) is 12.2. The molecule has 2 rings (SSSR count). The third-order valence-corrected chi connectivity index (χ3v) is 1.71. The lowest BCUT2D eigenvalue weighted by Gasteiger charge is -1.96. The Morgan fingerprint density at radius 3 is 2.85 bits per heavy atom. The van der Waals surface area contributed by atoms with Crippen molar-refractivity contribution in [3.8, 4) is 0 Å². The average molecular weight is 180 g/mol. The van der Waals surface area contributed by atoms with E-state index in [9.17, 15) is 4.79 Å². The van der Waals surface area contributed by atoms with Crippen molar-refractivity contribution in [2.45, 2.75) is 6.54 Å². The summed E-state index contributed by atoms with van der Waals surface area (Å²) in [6, 6.07) is 0. The number of rotatable bonds is 2. The SMILES string of the molecule is Nc1[nH]ncc1Cn1cn[nH]c1=O. The highest BCUT2D eigenvalue weighted by Crippen LogP contribution is 2.05. The Bertz CT molecular complexity index is 451. The van der Waals surface area contributed by atoms with Crippen LogP contribution in [-0.2, 0) is 6.54 Å². The molecule has 2 heterocycles. The Morgan fingerprint density at radius 2 is 2.31 bits per heavy atom. The first-order chi connectivity index (χ1) is 6.27. The molecule has 0 aliphatic rings. The molecule has 68 valence electrons. The van der Waals surface area contributed by atoms with Crippen molar-refractivity contribution < 1.29 is 0 Å². The number of nitrogens with two attached hydrogens (primary N) is 1. The molecule has 7 nitrogen and oxygen atoms in total. The van der Waals surface area contributed by atoms with Gasteiger partial charge in [0.25, 0.3) is 0 Å². The number of anilines is 1. The Kier molecular flexibility index (Phi) is 1.62. The summed E-state index contributed by atoms with van der Waals surface area (Å²) in [6.45, 7) is 0.373. The number of H-pyrrole nitrogens is 2. The molecule has 0 bridgehead atoms. The lowest BCUT2D eigenvalue weighted by atomic mass is 10.3. The van der Waals surface area contributed by atoms with Crippen LogP contribution < -0.4 is 11.4 Å². The summed E-state index contributed by atoms with van der Waals surface area (Å²) in [6.07, 6.45) is 2.99. The first-order valence-corrected chi connectivity index (χ1v) is 3.65. The van der Waals surface area contributed by atoms with E-state index in [0.717, 1.165) is 5.56 Å². The van der Waals surface area contributed by atoms with Crippen molar-refractivity contribution in [1.29, 1.82) is 0 Å². The largest absolute Gasteiger partial charge is 0.384 e. The van der Waals surface area contributed by atoms with Crippen molar-refractivity contribution in [2.75, 3.05) is 5.73 Å². The van der Waals surface area contributed by atoms with E-state index < -0.39 is 0 Å². The van der Waals surface area contributed by atoms with Gasteiger partial charge in [0, 0.05) is 5.56 Å². The molecule has 2 aromatic rings. The van der Waals surface area contributed by atoms with Gasteiger partial charge >= 0.3 is 5.69 Å². The van der Waals surface area contributed by atoms with Crippen molar-refractivity contribution in [1.82, 2.24) is 25.0 Å². The fourth-order valence-corrected chi connectivity index (χ4v) is 1.01. The fraction of sp³-hybridized carbons (Fsp3) is 0.167. The zero-order valence-corrected chi connectivity index (χ0v) is 6.69. The van der Waals surface area contributed by atoms with E-state index in [1.165, 1.54) is 10.9 Å². The van der Waals surface area contributed by atoms with Gasteiger partial charge in [-0.3, -0.25) is 9.67 Å². The van der Waals surface area contributed by atoms with Gasteiger partial charge in [0.15, 0.2) is 0 Å². The number of aromatic amines is 2. The van der Waals surface area contributed by atoms with Crippen LogP contribution in [0.25, 0.3) is 0 Å². The van der Waals surface area contributed by atoms with Crippen LogP contribution in [0.4, 0.5) is 5.82 Å². The number of nitrogen functional groups attached to an aromatic ring is 1. The second-order valence-corrected chi connectivity index (χ2v) is 2.60. The van der Waals surface area contributed by atoms with Gasteiger partial charge in [0.2, 0.25) is 0 Å². The Balaban J connectivity index is 2.29. The topological polar surface area (TPSA) is 105 Å². The highest BCUT2D eigenvalue weighted by molar-refractivity contribution is 5.36. The van der Waals surface area contributed by atoms with Crippen LogP contribution in [0.15, 0.2) is 17.3 Å². The van der Waals surface area contributed by atoms with Crippen LogP contribution >= 0.6 is 0 Å². The van der Waals surface area contributed by atoms with Crippen molar-refractivity contribution >= 4 is 5.82 Å². The molecule has 0 aliphatic heterocycles. The highest BCUT2D eigenvalue weighted by Gasteiger charge is 2.03. The number of nitrogens with one attached hydrogen (secondary N) is 2. The van der Waals surface area contributed by atoms with Gasteiger partial charge in [-0.2, -0.15) is 10.2 Å². The van der Waals surface area contributed by atoms with Gasteiger partial charge in [-0.25, -0.2) is 9.89 Å². The first kappa shape index (κ1) is 7.59. The summed E-state index contributed by atoms with van der Waals surface area (Å²) in [5.41, 5.74) is 6.05. The minimum Gasteiger partial charge on any atom is -0.384 e. The van der Waals surface area contributed by atoms with Gasteiger partial charge in [-0.05, 0) is 0 Å². The summed E-state index contributed by atoms with van der Waals surface area (Å²) in [5.74, 6) is 0.466. The maximum absolute atomic E-state index is 11.0.